The van der Waals surface area contributed by atoms with Crippen molar-refractivity contribution in [2.75, 3.05) is 0 Å². The van der Waals surface area contributed by atoms with E-state index in [1.165, 1.54) is 0 Å². The van der Waals surface area contributed by atoms with E-state index in [4.69, 9.17) is 9.40 Å². The number of rotatable bonds is 4. The second-order valence-corrected chi connectivity index (χ2v) is 9.97. The van der Waals surface area contributed by atoms with Crippen LogP contribution < -0.4 is 0 Å². The van der Waals surface area contributed by atoms with Gasteiger partial charge in [-0.05, 0) is 65.7 Å². The average Bonchev–Trinajstić information content (AvgIpc) is 3.55. The van der Waals surface area contributed by atoms with Crippen LogP contribution in [-0.2, 0) is 0 Å². The summed E-state index contributed by atoms with van der Waals surface area (Å²) in [7, 11) is 0. The van der Waals surface area contributed by atoms with E-state index in [2.05, 4.69) is 33.8 Å². The Morgan fingerprint density at radius 2 is 1.40 bits per heavy atom. The number of para-hydroxylation sites is 1. The molecular formula is C35H22FN3O. The van der Waals surface area contributed by atoms with Crippen molar-refractivity contribution in [2.45, 2.75) is 6.17 Å². The summed E-state index contributed by atoms with van der Waals surface area (Å²) in [5.41, 5.74) is 7.16. The number of hydrogen-bond acceptors (Lipinski definition) is 3. The van der Waals surface area contributed by atoms with Crippen LogP contribution in [0, 0.1) is 0 Å². The third-order valence-corrected chi connectivity index (χ3v) is 7.59. The molecule has 0 aliphatic heterocycles. The summed E-state index contributed by atoms with van der Waals surface area (Å²) in [5, 5.41) is 4.26. The van der Waals surface area contributed by atoms with Crippen molar-refractivity contribution in [3.05, 3.63) is 139 Å². The van der Waals surface area contributed by atoms with Gasteiger partial charge in [-0.1, -0.05) is 54.6 Å². The van der Waals surface area contributed by atoms with Gasteiger partial charge in [0.25, 0.3) is 0 Å². The third kappa shape index (κ3) is 3.52. The van der Waals surface area contributed by atoms with Gasteiger partial charge in [0.05, 0.1) is 11.2 Å². The number of furan rings is 1. The molecule has 4 nitrogen and oxygen atoms in total. The van der Waals surface area contributed by atoms with E-state index in [0.717, 1.165) is 60.8 Å². The van der Waals surface area contributed by atoms with Gasteiger partial charge in [0, 0.05) is 51.3 Å². The van der Waals surface area contributed by atoms with Crippen LogP contribution in [0.4, 0.5) is 4.39 Å². The smallest absolute Gasteiger partial charge is 0.150 e. The minimum atomic E-state index is -1.30. The first-order valence-corrected chi connectivity index (χ1v) is 13.2. The zero-order valence-electron chi connectivity index (χ0n) is 21.3. The van der Waals surface area contributed by atoms with Crippen LogP contribution in [-0.4, -0.2) is 14.5 Å². The quantitative estimate of drug-likeness (QED) is 0.233. The molecule has 190 valence electrons. The van der Waals surface area contributed by atoms with Gasteiger partial charge in [0.1, 0.15) is 16.8 Å². The molecule has 1 atom stereocenters. The molecule has 0 aliphatic carbocycles. The highest BCUT2D eigenvalue weighted by Gasteiger charge is 2.19. The van der Waals surface area contributed by atoms with Gasteiger partial charge in [-0.25, -0.2) is 9.37 Å². The molecule has 4 aromatic heterocycles. The number of fused-ring (bicyclic) bond motifs is 6. The van der Waals surface area contributed by atoms with Crippen LogP contribution in [0.15, 0.2) is 132 Å². The fourth-order valence-corrected chi connectivity index (χ4v) is 5.73. The molecule has 0 saturated heterocycles. The molecule has 8 rings (SSSR count). The molecule has 1 unspecified atom stereocenters. The summed E-state index contributed by atoms with van der Waals surface area (Å²) in [6.07, 6.45) is 2.24. The average molecular weight is 520 g/mol. The minimum absolute atomic E-state index is 0.575. The second kappa shape index (κ2) is 8.89. The fourth-order valence-electron chi connectivity index (χ4n) is 5.73. The lowest BCUT2D eigenvalue weighted by Gasteiger charge is -2.13. The van der Waals surface area contributed by atoms with Crippen molar-refractivity contribution in [1.29, 1.82) is 0 Å². The highest BCUT2D eigenvalue weighted by Crippen LogP contribution is 2.38. The molecule has 0 fully saturated rings. The first-order chi connectivity index (χ1) is 19.7. The molecule has 0 saturated carbocycles. The molecule has 4 aromatic carbocycles. The monoisotopic (exact) mass is 519 g/mol. The Morgan fingerprint density at radius 3 is 2.30 bits per heavy atom. The zero-order chi connectivity index (χ0) is 26.6. The molecule has 0 bridgehead atoms. The Bertz CT molecular complexity index is 2200. The lowest BCUT2D eigenvalue weighted by molar-refractivity contribution is 0.402. The van der Waals surface area contributed by atoms with Crippen LogP contribution in [0.1, 0.15) is 17.3 Å². The highest BCUT2D eigenvalue weighted by atomic mass is 19.1. The van der Waals surface area contributed by atoms with Crippen LogP contribution >= 0.6 is 0 Å². The maximum atomic E-state index is 16.1. The van der Waals surface area contributed by atoms with Gasteiger partial charge < -0.3 is 4.42 Å². The van der Waals surface area contributed by atoms with E-state index in [1.54, 1.807) is 12.4 Å². The van der Waals surface area contributed by atoms with E-state index >= 15 is 4.39 Å². The molecule has 0 spiro atoms. The molecule has 0 radical (unpaired) electrons. The number of nitrogens with zero attached hydrogens (tertiary/aromatic N) is 3. The maximum Gasteiger partial charge on any atom is 0.150 e. The predicted molar refractivity (Wildman–Crippen MR) is 158 cm³/mol. The first-order valence-electron chi connectivity index (χ1n) is 13.2. The van der Waals surface area contributed by atoms with Crippen molar-refractivity contribution in [1.82, 2.24) is 14.5 Å². The van der Waals surface area contributed by atoms with E-state index in [-0.39, 0.29) is 0 Å². The molecule has 40 heavy (non-hydrogen) atoms. The van der Waals surface area contributed by atoms with Gasteiger partial charge in [-0.2, -0.15) is 0 Å². The Morgan fingerprint density at radius 1 is 0.600 bits per heavy atom. The molecule has 4 heterocycles. The topological polar surface area (TPSA) is 43.9 Å². The molecule has 8 aromatic rings. The van der Waals surface area contributed by atoms with E-state index in [0.29, 0.717) is 11.1 Å². The maximum absolute atomic E-state index is 16.1. The normalized spacial score (nSPS) is 12.5. The minimum Gasteiger partial charge on any atom is -0.456 e. The molecule has 5 heteroatoms. The SMILES string of the molecule is FC(c1cccc(-c2ccccn2)c1)c1cccc(-n2c3cc4oc5ccccc5c4cc3c3cccnc32)c1. The van der Waals surface area contributed by atoms with Crippen molar-refractivity contribution >= 4 is 43.9 Å². The summed E-state index contributed by atoms with van der Waals surface area (Å²) in [5.74, 6) is 0. The lowest BCUT2D eigenvalue weighted by atomic mass is 9.99. The van der Waals surface area contributed by atoms with Crippen molar-refractivity contribution in [3.8, 4) is 16.9 Å². The largest absolute Gasteiger partial charge is 0.456 e. The summed E-state index contributed by atoms with van der Waals surface area (Å²) in [4.78, 5) is 9.16. The number of benzene rings is 4. The summed E-state index contributed by atoms with van der Waals surface area (Å²) >= 11 is 0. The fraction of sp³-hybridized carbons (Fsp3) is 0.0286. The molecule has 0 aliphatic rings. The second-order valence-electron chi connectivity index (χ2n) is 9.97. The highest BCUT2D eigenvalue weighted by molar-refractivity contribution is 6.16. The van der Waals surface area contributed by atoms with Crippen LogP contribution in [0.3, 0.4) is 0 Å². The number of hydrogen-bond donors (Lipinski definition) is 0. The summed E-state index contributed by atoms with van der Waals surface area (Å²) < 4.78 is 24.4. The first kappa shape index (κ1) is 22.7. The van der Waals surface area contributed by atoms with Gasteiger partial charge in [0.2, 0.25) is 0 Å². The number of pyridine rings is 2. The van der Waals surface area contributed by atoms with Gasteiger partial charge in [0.15, 0.2) is 6.17 Å². The Hall–Kier alpha value is -5.29. The number of alkyl halides is 1. The molecular weight excluding hydrogens is 497 g/mol. The van der Waals surface area contributed by atoms with Gasteiger partial charge >= 0.3 is 0 Å². The van der Waals surface area contributed by atoms with Crippen molar-refractivity contribution in [2.24, 2.45) is 0 Å². The van der Waals surface area contributed by atoms with Crippen LogP contribution in [0.5, 0.6) is 0 Å². The van der Waals surface area contributed by atoms with Gasteiger partial charge in [-0.15, -0.1) is 0 Å². The lowest BCUT2D eigenvalue weighted by Crippen LogP contribution is -2.00. The summed E-state index contributed by atoms with van der Waals surface area (Å²) in [6.45, 7) is 0. The number of halogens is 1. The molecule has 0 N–H and O–H groups in total. The summed E-state index contributed by atoms with van der Waals surface area (Å²) in [6, 6.07) is 37.3. The number of aromatic nitrogens is 3. The van der Waals surface area contributed by atoms with Gasteiger partial charge in [-0.3, -0.25) is 9.55 Å². The van der Waals surface area contributed by atoms with E-state index in [9.17, 15) is 0 Å². The van der Waals surface area contributed by atoms with E-state index < -0.39 is 6.17 Å². The van der Waals surface area contributed by atoms with Crippen molar-refractivity contribution < 1.29 is 8.81 Å². The Balaban J connectivity index is 1.29. The van der Waals surface area contributed by atoms with Crippen LogP contribution in [0.2, 0.25) is 0 Å². The Labute approximate surface area is 229 Å². The Kier molecular flexibility index (Phi) is 5.04. The van der Waals surface area contributed by atoms with Crippen LogP contribution in [0.25, 0.3) is 60.8 Å². The molecule has 0 amide bonds. The third-order valence-electron chi connectivity index (χ3n) is 7.59. The zero-order valence-corrected chi connectivity index (χ0v) is 21.3. The predicted octanol–water partition coefficient (Wildman–Crippen LogP) is 9.20. The van der Waals surface area contributed by atoms with Crippen molar-refractivity contribution in [3.63, 3.8) is 0 Å². The van der Waals surface area contributed by atoms with E-state index in [1.807, 2.05) is 91.0 Å². The standard InChI is InChI=1S/C35H22FN3O/c36-34(23-9-5-8-22(18-23)30-14-3-4-16-37-30)24-10-6-11-25(19-24)39-31-21-33-29(26-12-1-2-15-32(26)40-33)20-28(31)27-13-7-17-38-35(27)39/h1-21,34H.